The van der Waals surface area contributed by atoms with Gasteiger partial charge in [-0.3, -0.25) is 0 Å². The van der Waals surface area contributed by atoms with Crippen molar-refractivity contribution in [2.45, 2.75) is 0 Å². The Labute approximate surface area is 94.3 Å². The maximum atomic E-state index is 10.7. The molecule has 0 aliphatic heterocycles. The summed E-state index contributed by atoms with van der Waals surface area (Å²) in [5, 5.41) is 0.636. The zero-order valence-corrected chi connectivity index (χ0v) is 9.81. The first-order chi connectivity index (χ1) is 6.97. The van der Waals surface area contributed by atoms with Gasteiger partial charge in [0.2, 0.25) is 10.0 Å². The minimum Gasteiger partial charge on any atom is -0.492 e. The van der Waals surface area contributed by atoms with Crippen LogP contribution in [0.25, 0.3) is 0 Å². The molecule has 6 heteroatoms. The third-order valence-corrected chi connectivity index (χ3v) is 2.53. The average Bonchev–Trinajstić information content (AvgIpc) is 2.14. The Morgan fingerprint density at radius 3 is 2.47 bits per heavy atom. The van der Waals surface area contributed by atoms with Gasteiger partial charge in [0.05, 0.1) is 6.26 Å². The van der Waals surface area contributed by atoms with Crippen LogP contribution in [0.4, 0.5) is 0 Å². The summed E-state index contributed by atoms with van der Waals surface area (Å²) in [4.78, 5) is 0. The van der Waals surface area contributed by atoms with Crippen LogP contribution in [-0.4, -0.2) is 27.8 Å². The molecule has 0 bridgehead atoms. The van der Waals surface area contributed by atoms with Crippen molar-refractivity contribution in [2.75, 3.05) is 19.4 Å². The Balaban J connectivity index is 2.29. The van der Waals surface area contributed by atoms with E-state index < -0.39 is 10.0 Å². The highest BCUT2D eigenvalue weighted by molar-refractivity contribution is 7.88. The second-order valence-electron chi connectivity index (χ2n) is 2.97. The number of benzene rings is 1. The summed E-state index contributed by atoms with van der Waals surface area (Å²) >= 11 is 5.69. The number of halogens is 1. The van der Waals surface area contributed by atoms with Crippen molar-refractivity contribution in [1.29, 1.82) is 0 Å². The lowest BCUT2D eigenvalue weighted by Crippen LogP contribution is -2.26. The smallest absolute Gasteiger partial charge is 0.208 e. The molecule has 0 amide bonds. The van der Waals surface area contributed by atoms with Crippen LogP contribution < -0.4 is 9.46 Å². The normalized spacial score (nSPS) is 11.3. The Bertz CT molecular complexity index is 402. The van der Waals surface area contributed by atoms with Gasteiger partial charge < -0.3 is 4.74 Å². The highest BCUT2D eigenvalue weighted by Gasteiger charge is 1.99. The van der Waals surface area contributed by atoms with E-state index in [2.05, 4.69) is 4.72 Å². The summed E-state index contributed by atoms with van der Waals surface area (Å²) < 4.78 is 29.0. The molecule has 15 heavy (non-hydrogen) atoms. The first kappa shape index (κ1) is 12.3. The molecule has 1 aromatic rings. The second kappa shape index (κ2) is 5.34. The van der Waals surface area contributed by atoms with Gasteiger partial charge in [0.1, 0.15) is 12.4 Å². The zero-order valence-electron chi connectivity index (χ0n) is 8.23. The van der Waals surface area contributed by atoms with E-state index in [0.717, 1.165) is 6.26 Å². The monoisotopic (exact) mass is 249 g/mol. The minimum absolute atomic E-state index is 0.251. The van der Waals surface area contributed by atoms with Gasteiger partial charge in [-0.05, 0) is 24.3 Å². The summed E-state index contributed by atoms with van der Waals surface area (Å²) in [6.07, 6.45) is 1.11. The Hall–Kier alpha value is -0.780. The standard InChI is InChI=1S/C9H12ClNO3S/c1-15(12,13)11-6-7-14-9-4-2-8(10)3-5-9/h2-5,11H,6-7H2,1H3. The molecular formula is C9H12ClNO3S. The van der Waals surface area contributed by atoms with Crippen LogP contribution in [0.5, 0.6) is 5.75 Å². The molecule has 84 valence electrons. The van der Waals surface area contributed by atoms with Crippen molar-refractivity contribution >= 4 is 21.6 Å². The van der Waals surface area contributed by atoms with Crippen LogP contribution in [-0.2, 0) is 10.0 Å². The molecular weight excluding hydrogens is 238 g/mol. The van der Waals surface area contributed by atoms with Gasteiger partial charge in [-0.1, -0.05) is 11.6 Å². The molecule has 0 saturated carbocycles. The first-order valence-electron chi connectivity index (χ1n) is 4.30. The summed E-state index contributed by atoms with van der Waals surface area (Å²) in [6.45, 7) is 0.538. The van der Waals surface area contributed by atoms with E-state index in [1.165, 1.54) is 0 Å². The fourth-order valence-electron chi connectivity index (χ4n) is 0.927. The molecule has 1 N–H and O–H groups in total. The predicted molar refractivity (Wildman–Crippen MR) is 59.8 cm³/mol. The predicted octanol–water partition coefficient (Wildman–Crippen LogP) is 1.27. The van der Waals surface area contributed by atoms with Gasteiger partial charge in [-0.2, -0.15) is 0 Å². The van der Waals surface area contributed by atoms with Gasteiger partial charge in [0, 0.05) is 11.6 Å². The molecule has 0 aliphatic carbocycles. The van der Waals surface area contributed by atoms with Crippen LogP contribution in [0, 0.1) is 0 Å². The highest BCUT2D eigenvalue weighted by atomic mass is 35.5. The Morgan fingerprint density at radius 1 is 1.33 bits per heavy atom. The number of hydrogen-bond acceptors (Lipinski definition) is 3. The molecule has 0 aliphatic rings. The fourth-order valence-corrected chi connectivity index (χ4v) is 1.51. The second-order valence-corrected chi connectivity index (χ2v) is 5.24. The summed E-state index contributed by atoms with van der Waals surface area (Å²) in [7, 11) is -3.14. The molecule has 0 fully saturated rings. The highest BCUT2D eigenvalue weighted by Crippen LogP contribution is 2.14. The van der Waals surface area contributed by atoms with Crippen LogP contribution in [0.1, 0.15) is 0 Å². The van der Waals surface area contributed by atoms with Crippen LogP contribution in [0.3, 0.4) is 0 Å². The molecule has 4 nitrogen and oxygen atoms in total. The molecule has 0 unspecified atom stereocenters. The van der Waals surface area contributed by atoms with E-state index in [-0.39, 0.29) is 13.2 Å². The third-order valence-electron chi connectivity index (χ3n) is 1.55. The van der Waals surface area contributed by atoms with E-state index in [0.29, 0.717) is 10.8 Å². The fraction of sp³-hybridized carbons (Fsp3) is 0.333. The molecule has 0 spiro atoms. The average molecular weight is 250 g/mol. The van der Waals surface area contributed by atoms with Crippen LogP contribution in [0.15, 0.2) is 24.3 Å². The zero-order chi connectivity index (χ0) is 11.3. The van der Waals surface area contributed by atoms with Gasteiger partial charge in [-0.15, -0.1) is 0 Å². The molecule has 0 aromatic heterocycles. The van der Waals surface area contributed by atoms with E-state index in [9.17, 15) is 8.42 Å². The van der Waals surface area contributed by atoms with Crippen molar-refractivity contribution in [3.8, 4) is 5.75 Å². The quantitative estimate of drug-likeness (QED) is 0.800. The van der Waals surface area contributed by atoms with E-state index in [1.807, 2.05) is 0 Å². The van der Waals surface area contributed by atoms with Crippen LogP contribution in [0.2, 0.25) is 5.02 Å². The largest absolute Gasteiger partial charge is 0.492 e. The molecule has 0 heterocycles. The van der Waals surface area contributed by atoms with E-state index >= 15 is 0 Å². The van der Waals surface area contributed by atoms with Gasteiger partial charge in [0.25, 0.3) is 0 Å². The van der Waals surface area contributed by atoms with Crippen molar-refractivity contribution < 1.29 is 13.2 Å². The minimum atomic E-state index is -3.14. The first-order valence-corrected chi connectivity index (χ1v) is 6.57. The lowest BCUT2D eigenvalue weighted by atomic mass is 10.3. The van der Waals surface area contributed by atoms with Crippen molar-refractivity contribution in [3.05, 3.63) is 29.3 Å². The number of hydrogen-bond donors (Lipinski definition) is 1. The van der Waals surface area contributed by atoms with Gasteiger partial charge in [-0.25, -0.2) is 13.1 Å². The summed E-state index contributed by atoms with van der Waals surface area (Å²) in [5.74, 6) is 0.662. The summed E-state index contributed by atoms with van der Waals surface area (Å²) in [5.41, 5.74) is 0. The maximum absolute atomic E-state index is 10.7. The molecule has 0 saturated heterocycles. The molecule has 0 radical (unpaired) electrons. The molecule has 1 aromatic carbocycles. The molecule has 0 atom stereocenters. The number of nitrogens with one attached hydrogen (secondary N) is 1. The van der Waals surface area contributed by atoms with Crippen LogP contribution >= 0.6 is 11.6 Å². The number of sulfonamides is 1. The van der Waals surface area contributed by atoms with E-state index in [4.69, 9.17) is 16.3 Å². The molecule has 1 rings (SSSR count). The lowest BCUT2D eigenvalue weighted by Gasteiger charge is -2.06. The number of ether oxygens (including phenoxy) is 1. The summed E-state index contributed by atoms with van der Waals surface area (Å²) in [6, 6.07) is 6.87. The Kier molecular flexibility index (Phi) is 4.38. The van der Waals surface area contributed by atoms with Crippen molar-refractivity contribution in [3.63, 3.8) is 0 Å². The Morgan fingerprint density at radius 2 is 1.93 bits per heavy atom. The third kappa shape index (κ3) is 5.61. The number of rotatable bonds is 5. The van der Waals surface area contributed by atoms with Gasteiger partial charge in [0.15, 0.2) is 0 Å². The lowest BCUT2D eigenvalue weighted by molar-refractivity contribution is 0.323. The van der Waals surface area contributed by atoms with Crippen molar-refractivity contribution in [1.82, 2.24) is 4.72 Å². The van der Waals surface area contributed by atoms with E-state index in [1.54, 1.807) is 24.3 Å². The topological polar surface area (TPSA) is 55.4 Å². The maximum Gasteiger partial charge on any atom is 0.208 e. The van der Waals surface area contributed by atoms with Crippen molar-refractivity contribution in [2.24, 2.45) is 0 Å². The van der Waals surface area contributed by atoms with Gasteiger partial charge >= 0.3 is 0 Å². The SMILES string of the molecule is CS(=O)(=O)NCCOc1ccc(Cl)cc1.